The fraction of sp³-hybridized carbons (Fsp3) is 0.579. The van der Waals surface area contributed by atoms with Gasteiger partial charge in [-0.05, 0) is 32.9 Å². The Bertz CT molecular complexity index is 571. The van der Waals surface area contributed by atoms with Crippen molar-refractivity contribution in [1.29, 1.82) is 0 Å². The van der Waals surface area contributed by atoms with E-state index >= 15 is 0 Å². The summed E-state index contributed by atoms with van der Waals surface area (Å²) in [7, 11) is 0. The highest BCUT2D eigenvalue weighted by atomic mass is 16.5. The van der Waals surface area contributed by atoms with Gasteiger partial charge in [-0.1, -0.05) is 29.8 Å². The number of piperidine rings is 1. The van der Waals surface area contributed by atoms with E-state index in [4.69, 9.17) is 4.74 Å². The molecule has 5 nitrogen and oxygen atoms in total. The first-order valence-corrected chi connectivity index (χ1v) is 8.82. The van der Waals surface area contributed by atoms with Crippen molar-refractivity contribution < 1.29 is 14.3 Å². The lowest BCUT2D eigenvalue weighted by Crippen LogP contribution is -2.47. The smallest absolute Gasteiger partial charge is 0.236 e. The van der Waals surface area contributed by atoms with Crippen molar-refractivity contribution in [2.45, 2.75) is 19.8 Å². The number of ether oxygens (including phenoxy) is 1. The molecule has 0 aromatic heterocycles. The number of Topliss-reactive ketones (excluding diaryl/α,β-unsaturated/α-hetero) is 1. The minimum absolute atomic E-state index is 0.0856. The van der Waals surface area contributed by atoms with Gasteiger partial charge in [0.1, 0.15) is 0 Å². The lowest BCUT2D eigenvalue weighted by Gasteiger charge is -2.33. The van der Waals surface area contributed by atoms with Gasteiger partial charge in [0.15, 0.2) is 5.78 Å². The number of amides is 1. The minimum atomic E-state index is 0.0856. The zero-order chi connectivity index (χ0) is 16.9. The average molecular weight is 330 g/mol. The summed E-state index contributed by atoms with van der Waals surface area (Å²) in [5.41, 5.74) is 1.98. The Labute approximate surface area is 143 Å². The Morgan fingerprint density at radius 1 is 1.04 bits per heavy atom. The van der Waals surface area contributed by atoms with Gasteiger partial charge in [-0.15, -0.1) is 0 Å². The molecule has 2 heterocycles. The second-order valence-corrected chi connectivity index (χ2v) is 6.77. The van der Waals surface area contributed by atoms with Crippen LogP contribution in [-0.2, 0) is 9.53 Å². The Balaban J connectivity index is 1.47. The molecule has 1 aromatic carbocycles. The summed E-state index contributed by atoms with van der Waals surface area (Å²) in [6, 6.07) is 7.82. The SMILES string of the molecule is Cc1ccc(C(=O)C2CCN(CC(=O)N3CCOCC3)CC2)cc1. The van der Waals surface area contributed by atoms with Crippen molar-refractivity contribution >= 4 is 11.7 Å². The third-order valence-corrected chi connectivity index (χ3v) is 5.02. The molecule has 2 saturated heterocycles. The van der Waals surface area contributed by atoms with Gasteiger partial charge in [0.2, 0.25) is 5.91 Å². The molecule has 0 spiro atoms. The van der Waals surface area contributed by atoms with E-state index in [9.17, 15) is 9.59 Å². The minimum Gasteiger partial charge on any atom is -0.378 e. The van der Waals surface area contributed by atoms with Gasteiger partial charge in [0, 0.05) is 24.6 Å². The standard InChI is InChI=1S/C19H26N2O3/c1-15-2-4-16(5-3-15)19(23)17-6-8-20(9-7-17)14-18(22)21-10-12-24-13-11-21/h2-5,17H,6-14H2,1H3. The molecule has 5 heteroatoms. The summed E-state index contributed by atoms with van der Waals surface area (Å²) < 4.78 is 5.28. The van der Waals surface area contributed by atoms with Crippen molar-refractivity contribution in [3.05, 3.63) is 35.4 Å². The number of carbonyl (C=O) groups is 2. The number of aryl methyl sites for hydroxylation is 1. The van der Waals surface area contributed by atoms with Crippen LogP contribution in [-0.4, -0.2) is 67.4 Å². The number of nitrogens with zero attached hydrogens (tertiary/aromatic N) is 2. The first-order valence-electron chi connectivity index (χ1n) is 8.82. The molecule has 2 fully saturated rings. The molecule has 24 heavy (non-hydrogen) atoms. The number of rotatable bonds is 4. The molecule has 0 unspecified atom stereocenters. The van der Waals surface area contributed by atoms with E-state index in [1.54, 1.807) is 0 Å². The molecule has 0 saturated carbocycles. The molecule has 1 amide bonds. The molecule has 0 radical (unpaired) electrons. The fourth-order valence-electron chi connectivity index (χ4n) is 3.41. The third-order valence-electron chi connectivity index (χ3n) is 5.02. The maximum Gasteiger partial charge on any atom is 0.236 e. The van der Waals surface area contributed by atoms with Gasteiger partial charge < -0.3 is 9.64 Å². The number of hydrogen-bond donors (Lipinski definition) is 0. The van der Waals surface area contributed by atoms with E-state index in [0.29, 0.717) is 32.8 Å². The van der Waals surface area contributed by atoms with Crippen molar-refractivity contribution in [1.82, 2.24) is 9.80 Å². The first kappa shape index (κ1) is 17.1. The number of ketones is 1. The van der Waals surface area contributed by atoms with Crippen LogP contribution in [0, 0.1) is 12.8 Å². The van der Waals surface area contributed by atoms with E-state index in [2.05, 4.69) is 4.90 Å². The zero-order valence-corrected chi connectivity index (χ0v) is 14.4. The maximum atomic E-state index is 12.6. The summed E-state index contributed by atoms with van der Waals surface area (Å²) >= 11 is 0. The van der Waals surface area contributed by atoms with Crippen LogP contribution < -0.4 is 0 Å². The second kappa shape index (κ2) is 7.90. The first-order chi connectivity index (χ1) is 11.6. The van der Waals surface area contributed by atoms with Gasteiger partial charge in [-0.2, -0.15) is 0 Å². The van der Waals surface area contributed by atoms with Crippen LogP contribution in [0.4, 0.5) is 0 Å². The maximum absolute atomic E-state index is 12.6. The summed E-state index contributed by atoms with van der Waals surface area (Å²) in [4.78, 5) is 28.9. The van der Waals surface area contributed by atoms with Crippen LogP contribution in [0.3, 0.4) is 0 Å². The summed E-state index contributed by atoms with van der Waals surface area (Å²) in [6.45, 7) is 6.79. The number of likely N-dealkylation sites (tertiary alicyclic amines) is 1. The Kier molecular flexibility index (Phi) is 5.63. The van der Waals surface area contributed by atoms with Crippen molar-refractivity contribution in [3.8, 4) is 0 Å². The third kappa shape index (κ3) is 4.22. The summed E-state index contributed by atoms with van der Waals surface area (Å²) in [6.07, 6.45) is 1.67. The normalized spacial score (nSPS) is 20.1. The average Bonchev–Trinajstić information content (AvgIpc) is 2.63. The van der Waals surface area contributed by atoms with E-state index in [-0.39, 0.29) is 17.6 Å². The summed E-state index contributed by atoms with van der Waals surface area (Å²) in [5, 5.41) is 0. The van der Waals surface area contributed by atoms with Crippen molar-refractivity contribution in [2.75, 3.05) is 45.9 Å². The number of benzene rings is 1. The van der Waals surface area contributed by atoms with Crippen LogP contribution in [0.15, 0.2) is 24.3 Å². The van der Waals surface area contributed by atoms with Gasteiger partial charge in [0.25, 0.3) is 0 Å². The molecular formula is C19H26N2O3. The van der Waals surface area contributed by atoms with E-state index in [1.807, 2.05) is 36.1 Å². The molecule has 0 aliphatic carbocycles. The van der Waals surface area contributed by atoms with E-state index in [1.165, 1.54) is 5.56 Å². The fourth-order valence-corrected chi connectivity index (χ4v) is 3.41. The quantitative estimate of drug-likeness (QED) is 0.789. The Hall–Kier alpha value is -1.72. The number of morpholine rings is 1. The molecule has 0 N–H and O–H groups in total. The molecule has 2 aliphatic heterocycles. The lowest BCUT2D eigenvalue weighted by molar-refractivity contribution is -0.136. The largest absolute Gasteiger partial charge is 0.378 e. The van der Waals surface area contributed by atoms with Crippen molar-refractivity contribution in [3.63, 3.8) is 0 Å². The molecule has 1 aromatic rings. The number of carbonyl (C=O) groups excluding carboxylic acids is 2. The van der Waals surface area contributed by atoms with Gasteiger partial charge >= 0.3 is 0 Å². The van der Waals surface area contributed by atoms with Gasteiger partial charge in [-0.25, -0.2) is 0 Å². The highest BCUT2D eigenvalue weighted by molar-refractivity contribution is 5.97. The Morgan fingerprint density at radius 2 is 1.67 bits per heavy atom. The van der Waals surface area contributed by atoms with Crippen LogP contribution in [0.25, 0.3) is 0 Å². The van der Waals surface area contributed by atoms with Gasteiger partial charge in [-0.3, -0.25) is 14.5 Å². The molecule has 3 rings (SSSR count). The predicted molar refractivity (Wildman–Crippen MR) is 92.1 cm³/mol. The highest BCUT2D eigenvalue weighted by Gasteiger charge is 2.27. The van der Waals surface area contributed by atoms with Gasteiger partial charge in [0.05, 0.1) is 19.8 Å². The molecule has 130 valence electrons. The van der Waals surface area contributed by atoms with Crippen molar-refractivity contribution in [2.24, 2.45) is 5.92 Å². The van der Waals surface area contributed by atoms with Crippen LogP contribution in [0.1, 0.15) is 28.8 Å². The molecule has 0 bridgehead atoms. The second-order valence-electron chi connectivity index (χ2n) is 6.77. The topological polar surface area (TPSA) is 49.9 Å². The highest BCUT2D eigenvalue weighted by Crippen LogP contribution is 2.22. The lowest BCUT2D eigenvalue weighted by atomic mass is 9.88. The summed E-state index contributed by atoms with van der Waals surface area (Å²) in [5.74, 6) is 0.512. The monoisotopic (exact) mass is 330 g/mol. The zero-order valence-electron chi connectivity index (χ0n) is 14.4. The Morgan fingerprint density at radius 3 is 2.29 bits per heavy atom. The predicted octanol–water partition coefficient (Wildman–Crippen LogP) is 1.75. The molecule has 0 atom stereocenters. The molecule has 2 aliphatic rings. The van der Waals surface area contributed by atoms with Crippen LogP contribution in [0.5, 0.6) is 0 Å². The van der Waals surface area contributed by atoms with E-state index in [0.717, 1.165) is 31.5 Å². The van der Waals surface area contributed by atoms with Crippen LogP contribution >= 0.6 is 0 Å². The van der Waals surface area contributed by atoms with E-state index < -0.39 is 0 Å². The van der Waals surface area contributed by atoms with Crippen LogP contribution in [0.2, 0.25) is 0 Å². The molecular weight excluding hydrogens is 304 g/mol. The number of hydrogen-bond acceptors (Lipinski definition) is 4.